The average molecular weight is 400 g/mol. The number of nitrogens with two attached hydrogens (primary N) is 1. The van der Waals surface area contributed by atoms with Crippen LogP contribution in [0.15, 0.2) is 24.3 Å². The van der Waals surface area contributed by atoms with E-state index < -0.39 is 6.10 Å². The van der Waals surface area contributed by atoms with Gasteiger partial charge in [-0.25, -0.2) is 4.39 Å². The second-order valence-corrected chi connectivity index (χ2v) is 6.93. The summed E-state index contributed by atoms with van der Waals surface area (Å²) in [7, 11) is 0. The fourth-order valence-corrected chi connectivity index (χ4v) is 3.58. The van der Waals surface area contributed by atoms with E-state index in [9.17, 15) is 14.0 Å². The minimum absolute atomic E-state index is 0. The van der Waals surface area contributed by atoms with Crippen molar-refractivity contribution in [2.24, 2.45) is 5.73 Å². The number of amides is 2. The van der Waals surface area contributed by atoms with Gasteiger partial charge in [-0.15, -0.1) is 12.4 Å². The zero-order valence-electron chi connectivity index (χ0n) is 15.3. The van der Waals surface area contributed by atoms with E-state index >= 15 is 0 Å². The zero-order chi connectivity index (χ0) is 18.5. The molecule has 0 spiro atoms. The van der Waals surface area contributed by atoms with Gasteiger partial charge in [-0.2, -0.15) is 0 Å². The van der Waals surface area contributed by atoms with Gasteiger partial charge >= 0.3 is 0 Å². The Balaban J connectivity index is 0.00000261. The van der Waals surface area contributed by atoms with Crippen LogP contribution in [0, 0.1) is 5.82 Å². The molecule has 0 aromatic heterocycles. The molecule has 27 heavy (non-hydrogen) atoms. The van der Waals surface area contributed by atoms with Crippen molar-refractivity contribution in [1.29, 1.82) is 0 Å². The molecule has 0 bridgehead atoms. The van der Waals surface area contributed by atoms with Gasteiger partial charge in [0, 0.05) is 32.7 Å². The van der Waals surface area contributed by atoms with Crippen LogP contribution >= 0.6 is 12.4 Å². The molecule has 3 rings (SSSR count). The number of ether oxygens (including phenoxy) is 1. The van der Waals surface area contributed by atoms with E-state index in [4.69, 9.17) is 10.5 Å². The largest absolute Gasteiger partial charge is 0.364 e. The monoisotopic (exact) mass is 399 g/mol. The van der Waals surface area contributed by atoms with E-state index in [1.807, 2.05) is 0 Å². The molecule has 1 aromatic rings. The minimum Gasteiger partial charge on any atom is -0.364 e. The lowest BCUT2D eigenvalue weighted by atomic mass is 10.1. The molecule has 0 aliphatic carbocycles. The first-order valence-electron chi connectivity index (χ1n) is 9.23. The van der Waals surface area contributed by atoms with E-state index in [2.05, 4.69) is 0 Å². The second kappa shape index (κ2) is 10.0. The fraction of sp³-hybridized carbons (Fsp3) is 0.579. The van der Waals surface area contributed by atoms with Crippen LogP contribution in [-0.2, 0) is 20.7 Å². The number of halogens is 2. The van der Waals surface area contributed by atoms with Crippen LogP contribution in [0.3, 0.4) is 0 Å². The maximum Gasteiger partial charge on any atom is 0.251 e. The number of carbonyl (C=O) groups excluding carboxylic acids is 2. The van der Waals surface area contributed by atoms with Gasteiger partial charge in [0.05, 0.1) is 12.5 Å². The van der Waals surface area contributed by atoms with Gasteiger partial charge in [-0.1, -0.05) is 12.1 Å². The summed E-state index contributed by atoms with van der Waals surface area (Å²) in [5, 5.41) is 0. The van der Waals surface area contributed by atoms with E-state index in [0.29, 0.717) is 44.7 Å². The van der Waals surface area contributed by atoms with E-state index in [1.54, 1.807) is 21.9 Å². The van der Waals surface area contributed by atoms with Crippen molar-refractivity contribution in [3.63, 3.8) is 0 Å². The third-order valence-corrected chi connectivity index (χ3v) is 5.05. The van der Waals surface area contributed by atoms with Crippen LogP contribution in [0.4, 0.5) is 4.39 Å². The normalized spacial score (nSPS) is 22.9. The fourth-order valence-electron chi connectivity index (χ4n) is 3.58. The van der Waals surface area contributed by atoms with Crippen molar-refractivity contribution < 1.29 is 18.7 Å². The van der Waals surface area contributed by atoms with Crippen molar-refractivity contribution in [1.82, 2.24) is 9.80 Å². The Bertz CT molecular complexity index is 661. The summed E-state index contributed by atoms with van der Waals surface area (Å²) in [4.78, 5) is 28.7. The van der Waals surface area contributed by atoms with Gasteiger partial charge in [0.25, 0.3) is 5.91 Å². The van der Waals surface area contributed by atoms with Crippen LogP contribution in [-0.4, -0.2) is 66.5 Å². The molecule has 2 atom stereocenters. The highest BCUT2D eigenvalue weighted by Crippen LogP contribution is 2.21. The van der Waals surface area contributed by atoms with Gasteiger partial charge in [0.1, 0.15) is 11.9 Å². The van der Waals surface area contributed by atoms with Crippen molar-refractivity contribution in [3.05, 3.63) is 35.6 Å². The number of nitrogens with zero attached hydrogens (tertiary/aromatic N) is 2. The third-order valence-electron chi connectivity index (χ3n) is 5.05. The maximum atomic E-state index is 13.3. The Kier molecular flexibility index (Phi) is 8.01. The first kappa shape index (κ1) is 21.6. The molecule has 0 unspecified atom stereocenters. The molecule has 2 aliphatic rings. The van der Waals surface area contributed by atoms with E-state index in [-0.39, 0.29) is 42.6 Å². The summed E-state index contributed by atoms with van der Waals surface area (Å²) in [5.74, 6) is -0.374. The SMILES string of the molecule is Cl.NC[C@H]1CC[C@@H](C(=O)N2CCCN(C(=O)Cc3cccc(F)c3)CC2)O1. The van der Waals surface area contributed by atoms with Crippen LogP contribution in [0.1, 0.15) is 24.8 Å². The quantitative estimate of drug-likeness (QED) is 0.829. The van der Waals surface area contributed by atoms with Crippen molar-refractivity contribution >= 4 is 24.2 Å². The maximum absolute atomic E-state index is 13.3. The summed E-state index contributed by atoms with van der Waals surface area (Å²) in [6, 6.07) is 6.11. The lowest BCUT2D eigenvalue weighted by Crippen LogP contribution is -2.42. The summed E-state index contributed by atoms with van der Waals surface area (Å²) < 4.78 is 19.0. The molecular formula is C19H27ClFN3O3. The highest BCUT2D eigenvalue weighted by Gasteiger charge is 2.33. The Hall–Kier alpha value is -1.70. The van der Waals surface area contributed by atoms with Crippen LogP contribution < -0.4 is 5.73 Å². The van der Waals surface area contributed by atoms with Crippen LogP contribution in [0.2, 0.25) is 0 Å². The Morgan fingerprint density at radius 1 is 1.15 bits per heavy atom. The smallest absolute Gasteiger partial charge is 0.251 e. The highest BCUT2D eigenvalue weighted by atomic mass is 35.5. The first-order chi connectivity index (χ1) is 12.6. The van der Waals surface area contributed by atoms with Gasteiger partial charge in [-0.05, 0) is 37.0 Å². The van der Waals surface area contributed by atoms with E-state index in [0.717, 1.165) is 12.8 Å². The van der Waals surface area contributed by atoms with E-state index in [1.165, 1.54) is 12.1 Å². The van der Waals surface area contributed by atoms with Crippen LogP contribution in [0.5, 0.6) is 0 Å². The molecular weight excluding hydrogens is 373 g/mol. The van der Waals surface area contributed by atoms with Gasteiger partial charge in [0.15, 0.2) is 0 Å². The number of hydrogen-bond acceptors (Lipinski definition) is 4. The Morgan fingerprint density at radius 2 is 1.89 bits per heavy atom. The molecule has 150 valence electrons. The van der Waals surface area contributed by atoms with Crippen molar-refractivity contribution in [3.8, 4) is 0 Å². The average Bonchev–Trinajstić information content (AvgIpc) is 2.97. The zero-order valence-corrected chi connectivity index (χ0v) is 16.1. The number of carbonyl (C=O) groups is 2. The molecule has 1 aromatic carbocycles. The molecule has 2 amide bonds. The summed E-state index contributed by atoms with van der Waals surface area (Å²) >= 11 is 0. The number of benzene rings is 1. The van der Waals surface area contributed by atoms with Gasteiger partial charge in [-0.3, -0.25) is 9.59 Å². The summed E-state index contributed by atoms with van der Waals surface area (Å²) in [5.41, 5.74) is 6.27. The molecule has 2 fully saturated rings. The van der Waals surface area contributed by atoms with Crippen LogP contribution in [0.25, 0.3) is 0 Å². The summed E-state index contributed by atoms with van der Waals surface area (Å²) in [6.07, 6.45) is 2.00. The molecule has 2 N–H and O–H groups in total. The lowest BCUT2D eigenvalue weighted by Gasteiger charge is -2.24. The predicted molar refractivity (Wildman–Crippen MR) is 102 cm³/mol. The lowest BCUT2D eigenvalue weighted by molar-refractivity contribution is -0.143. The van der Waals surface area contributed by atoms with Gasteiger partial charge < -0.3 is 20.3 Å². The molecule has 2 heterocycles. The molecule has 8 heteroatoms. The second-order valence-electron chi connectivity index (χ2n) is 6.93. The van der Waals surface area contributed by atoms with Gasteiger partial charge in [0.2, 0.25) is 5.91 Å². The standard InChI is InChI=1S/C19H26FN3O3.ClH/c20-15-4-1-3-14(11-15)12-18(24)22-7-2-8-23(10-9-22)19(25)17-6-5-16(13-21)26-17;/h1,3-4,11,16-17H,2,5-10,12-13,21H2;1H/t16-,17+;/m1./s1. The predicted octanol–water partition coefficient (Wildman–Crippen LogP) is 1.36. The molecule has 0 saturated carbocycles. The molecule has 2 saturated heterocycles. The highest BCUT2D eigenvalue weighted by molar-refractivity contribution is 5.85. The number of hydrogen-bond donors (Lipinski definition) is 1. The minimum atomic E-state index is -0.405. The Morgan fingerprint density at radius 3 is 2.59 bits per heavy atom. The van der Waals surface area contributed by atoms with Crippen molar-refractivity contribution in [2.75, 3.05) is 32.7 Å². The summed E-state index contributed by atoms with van der Waals surface area (Å²) in [6.45, 7) is 2.66. The first-order valence-corrected chi connectivity index (χ1v) is 9.23. The molecule has 6 nitrogen and oxygen atoms in total. The van der Waals surface area contributed by atoms with Crippen molar-refractivity contribution in [2.45, 2.75) is 37.9 Å². The molecule has 0 radical (unpaired) electrons. The Labute approximate surface area is 165 Å². The topological polar surface area (TPSA) is 75.9 Å². The third kappa shape index (κ3) is 5.64. The molecule has 2 aliphatic heterocycles. The number of rotatable bonds is 4.